The molecule has 0 saturated heterocycles. The smallest absolute Gasteiger partial charge is 0.305 e. The zero-order chi connectivity index (χ0) is 24.2. The molecule has 0 bridgehead atoms. The van der Waals surface area contributed by atoms with Gasteiger partial charge in [-0.15, -0.1) is 11.3 Å². The van der Waals surface area contributed by atoms with Crippen molar-refractivity contribution in [2.24, 2.45) is 0 Å². The van der Waals surface area contributed by atoms with Crippen molar-refractivity contribution in [3.05, 3.63) is 80.1 Å². The zero-order valence-corrected chi connectivity index (χ0v) is 20.8. The molecular formula is C25H23Cl2N3O3S. The Balaban J connectivity index is 1.66. The number of carbonyl (C=O) groups is 2. The van der Waals surface area contributed by atoms with Crippen molar-refractivity contribution >= 4 is 52.0 Å². The molecule has 2 heterocycles. The van der Waals surface area contributed by atoms with Crippen LogP contribution in [0.2, 0.25) is 10.0 Å². The number of benzene rings is 1. The lowest BCUT2D eigenvalue weighted by Crippen LogP contribution is -2.25. The van der Waals surface area contributed by atoms with E-state index < -0.39 is 5.97 Å². The van der Waals surface area contributed by atoms with Crippen LogP contribution in [0.3, 0.4) is 0 Å². The van der Waals surface area contributed by atoms with Gasteiger partial charge in [0.15, 0.2) is 0 Å². The number of carboxylic acid groups (broad SMARTS) is 1. The van der Waals surface area contributed by atoms with Crippen LogP contribution in [-0.2, 0) is 4.79 Å². The Morgan fingerprint density at radius 2 is 1.94 bits per heavy atom. The zero-order valence-electron chi connectivity index (χ0n) is 18.4. The number of allylic oxidation sites excluding steroid dienone is 4. The third-order valence-corrected chi connectivity index (χ3v) is 7.13. The van der Waals surface area contributed by atoms with Gasteiger partial charge in [0, 0.05) is 27.0 Å². The van der Waals surface area contributed by atoms with E-state index in [0.29, 0.717) is 14.9 Å². The van der Waals surface area contributed by atoms with Crippen LogP contribution in [-0.4, -0.2) is 33.3 Å². The molecule has 6 nitrogen and oxygen atoms in total. The molecule has 3 aromatic rings. The van der Waals surface area contributed by atoms with E-state index in [9.17, 15) is 9.59 Å². The number of carboxylic acids is 1. The minimum Gasteiger partial charge on any atom is -0.481 e. The standard InChI is InChI=1S/C25H23Cl2N3O3S/c1-15(22-7-8-23(34-22)25(33)28-10-9-24(31)32)30-21(16-5-3-2-4-6-16)14-20(29-30)17-11-18(26)13-19(27)12-17/h3,5-8,11-15H,2,4,9-10H2,1H3,(H,28,33)(H,31,32). The molecule has 0 spiro atoms. The number of aromatic nitrogens is 2. The fourth-order valence-electron chi connectivity index (χ4n) is 3.74. The average Bonchev–Trinajstić information content (AvgIpc) is 3.46. The summed E-state index contributed by atoms with van der Waals surface area (Å²) in [7, 11) is 0. The van der Waals surface area contributed by atoms with Gasteiger partial charge < -0.3 is 10.4 Å². The molecule has 4 rings (SSSR count). The second-order valence-corrected chi connectivity index (χ2v) is 9.92. The summed E-state index contributed by atoms with van der Waals surface area (Å²) in [5.74, 6) is -1.23. The number of aliphatic carboxylic acids is 1. The Morgan fingerprint density at radius 3 is 2.62 bits per heavy atom. The van der Waals surface area contributed by atoms with Crippen molar-refractivity contribution in [3.63, 3.8) is 0 Å². The van der Waals surface area contributed by atoms with E-state index >= 15 is 0 Å². The highest BCUT2D eigenvalue weighted by molar-refractivity contribution is 7.14. The third kappa shape index (κ3) is 5.60. The highest BCUT2D eigenvalue weighted by atomic mass is 35.5. The number of thiophene rings is 1. The van der Waals surface area contributed by atoms with Crippen LogP contribution in [0.15, 0.2) is 54.6 Å². The molecule has 176 valence electrons. The predicted octanol–water partition coefficient (Wildman–Crippen LogP) is 6.47. The van der Waals surface area contributed by atoms with Gasteiger partial charge in [0.1, 0.15) is 0 Å². The van der Waals surface area contributed by atoms with Gasteiger partial charge >= 0.3 is 5.97 Å². The maximum Gasteiger partial charge on any atom is 0.305 e. The van der Waals surface area contributed by atoms with Crippen LogP contribution in [0.25, 0.3) is 16.8 Å². The topological polar surface area (TPSA) is 84.2 Å². The van der Waals surface area contributed by atoms with E-state index in [1.54, 1.807) is 12.1 Å². The monoisotopic (exact) mass is 515 g/mol. The van der Waals surface area contributed by atoms with Gasteiger partial charge in [-0.1, -0.05) is 41.4 Å². The first-order valence-corrected chi connectivity index (χ1v) is 12.4. The molecular weight excluding hydrogens is 493 g/mol. The first-order chi connectivity index (χ1) is 16.3. The summed E-state index contributed by atoms with van der Waals surface area (Å²) in [5, 5.41) is 17.4. The first kappa shape index (κ1) is 24.3. The summed E-state index contributed by atoms with van der Waals surface area (Å²) in [6.07, 6.45) is 8.31. The van der Waals surface area contributed by atoms with Crippen LogP contribution < -0.4 is 5.32 Å². The van der Waals surface area contributed by atoms with Crippen molar-refractivity contribution < 1.29 is 14.7 Å². The van der Waals surface area contributed by atoms with Crippen molar-refractivity contribution in [1.82, 2.24) is 15.1 Å². The van der Waals surface area contributed by atoms with Crippen molar-refractivity contribution in [1.29, 1.82) is 0 Å². The van der Waals surface area contributed by atoms with Gasteiger partial charge in [0.05, 0.1) is 28.7 Å². The molecule has 1 aromatic carbocycles. The van der Waals surface area contributed by atoms with Gasteiger partial charge in [0.25, 0.3) is 5.91 Å². The molecule has 2 N–H and O–H groups in total. The van der Waals surface area contributed by atoms with E-state index in [1.165, 1.54) is 11.3 Å². The number of hydrogen-bond acceptors (Lipinski definition) is 4. The quantitative estimate of drug-likeness (QED) is 0.360. The molecule has 1 aliphatic rings. The second-order valence-electron chi connectivity index (χ2n) is 7.93. The van der Waals surface area contributed by atoms with E-state index in [1.807, 2.05) is 35.9 Å². The Kier molecular flexibility index (Phi) is 7.56. The summed E-state index contributed by atoms with van der Waals surface area (Å²) < 4.78 is 1.96. The molecule has 1 aliphatic carbocycles. The van der Waals surface area contributed by atoms with Crippen molar-refractivity contribution in [3.8, 4) is 11.3 Å². The number of hydrogen-bond donors (Lipinski definition) is 2. The molecule has 0 saturated carbocycles. The van der Waals surface area contributed by atoms with E-state index in [4.69, 9.17) is 33.4 Å². The molecule has 0 radical (unpaired) electrons. The number of amides is 1. The van der Waals surface area contributed by atoms with Gasteiger partial charge in [-0.25, -0.2) is 0 Å². The minimum absolute atomic E-state index is 0.0896. The summed E-state index contributed by atoms with van der Waals surface area (Å²) in [4.78, 5) is 24.6. The molecule has 2 aromatic heterocycles. The Morgan fingerprint density at radius 1 is 1.18 bits per heavy atom. The summed E-state index contributed by atoms with van der Waals surface area (Å²) in [5.41, 5.74) is 3.65. The molecule has 1 amide bonds. The largest absolute Gasteiger partial charge is 0.481 e. The molecule has 0 fully saturated rings. The van der Waals surface area contributed by atoms with E-state index in [-0.39, 0.29) is 24.9 Å². The lowest BCUT2D eigenvalue weighted by atomic mass is 10.0. The summed E-state index contributed by atoms with van der Waals surface area (Å²) >= 11 is 13.8. The highest BCUT2D eigenvalue weighted by Crippen LogP contribution is 2.34. The number of halogens is 2. The minimum atomic E-state index is -0.949. The van der Waals surface area contributed by atoms with Crippen LogP contribution in [0.5, 0.6) is 0 Å². The molecule has 0 aliphatic heterocycles. The first-order valence-electron chi connectivity index (χ1n) is 10.8. The number of nitrogens with one attached hydrogen (secondary N) is 1. The van der Waals surface area contributed by atoms with Gasteiger partial charge in [0.2, 0.25) is 0 Å². The van der Waals surface area contributed by atoms with Gasteiger partial charge in [-0.2, -0.15) is 5.10 Å². The number of rotatable bonds is 8. The molecule has 9 heteroatoms. The Hall–Kier alpha value is -2.87. The van der Waals surface area contributed by atoms with E-state index in [2.05, 4.69) is 23.5 Å². The third-order valence-electron chi connectivity index (χ3n) is 5.44. The van der Waals surface area contributed by atoms with Crippen molar-refractivity contribution in [2.75, 3.05) is 6.54 Å². The van der Waals surface area contributed by atoms with Gasteiger partial charge in [-0.3, -0.25) is 14.3 Å². The lowest BCUT2D eigenvalue weighted by Gasteiger charge is -2.16. The van der Waals surface area contributed by atoms with Gasteiger partial charge in [-0.05, 0) is 61.7 Å². The lowest BCUT2D eigenvalue weighted by molar-refractivity contribution is -0.136. The second kappa shape index (κ2) is 10.6. The summed E-state index contributed by atoms with van der Waals surface area (Å²) in [6, 6.07) is 10.9. The predicted molar refractivity (Wildman–Crippen MR) is 137 cm³/mol. The molecule has 1 atom stereocenters. The SMILES string of the molecule is CC(c1ccc(C(=O)NCCC(=O)O)s1)n1nc(-c2cc(Cl)cc(Cl)c2)cc1C1=CCCC=C1. The van der Waals surface area contributed by atoms with Crippen LogP contribution >= 0.6 is 34.5 Å². The number of carbonyl (C=O) groups excluding carboxylic acids is 1. The highest BCUT2D eigenvalue weighted by Gasteiger charge is 2.21. The fraction of sp³-hybridized carbons (Fsp3) is 0.240. The number of nitrogens with zero attached hydrogens (tertiary/aromatic N) is 2. The average molecular weight is 516 g/mol. The van der Waals surface area contributed by atoms with Crippen LogP contribution in [0.4, 0.5) is 0 Å². The van der Waals surface area contributed by atoms with E-state index in [0.717, 1.165) is 40.2 Å². The normalized spacial score (nSPS) is 14.0. The maximum atomic E-state index is 12.4. The van der Waals surface area contributed by atoms with Crippen LogP contribution in [0, 0.1) is 0 Å². The molecule has 34 heavy (non-hydrogen) atoms. The van der Waals surface area contributed by atoms with Crippen LogP contribution in [0.1, 0.15) is 52.5 Å². The fourth-order valence-corrected chi connectivity index (χ4v) is 5.23. The Labute approximate surface area is 211 Å². The summed E-state index contributed by atoms with van der Waals surface area (Å²) in [6.45, 7) is 2.13. The molecule has 1 unspecified atom stereocenters. The Bertz CT molecular complexity index is 1270. The maximum absolute atomic E-state index is 12.4. The van der Waals surface area contributed by atoms with Crippen molar-refractivity contribution in [2.45, 2.75) is 32.2 Å².